The topological polar surface area (TPSA) is 111 Å². The smallest absolute Gasteiger partial charge is 0.303 e. The zero-order chi connectivity index (χ0) is 23.7. The number of benzene rings is 3. The van der Waals surface area contributed by atoms with Crippen LogP contribution in [0.1, 0.15) is 12.0 Å². The number of methoxy groups -OCH3 is 1. The Morgan fingerprint density at radius 3 is 2.18 bits per heavy atom. The van der Waals surface area contributed by atoms with E-state index in [2.05, 4.69) is 4.72 Å². The number of hydrogen-bond acceptors (Lipinski definition) is 6. The molecule has 3 rings (SSSR count). The van der Waals surface area contributed by atoms with E-state index in [9.17, 15) is 13.2 Å². The molecule has 0 bridgehead atoms. The van der Waals surface area contributed by atoms with Crippen LogP contribution in [-0.4, -0.2) is 39.8 Å². The van der Waals surface area contributed by atoms with Gasteiger partial charge in [0.1, 0.15) is 30.5 Å². The Morgan fingerprint density at radius 1 is 0.879 bits per heavy atom. The number of anilines is 1. The Hall–Kier alpha value is -3.72. The van der Waals surface area contributed by atoms with Crippen molar-refractivity contribution in [2.75, 3.05) is 25.0 Å². The highest BCUT2D eigenvalue weighted by molar-refractivity contribution is 7.92. The number of carboxylic acids is 1. The van der Waals surface area contributed by atoms with Crippen molar-refractivity contribution >= 4 is 21.7 Å². The number of para-hydroxylation sites is 1. The highest BCUT2D eigenvalue weighted by Crippen LogP contribution is 2.22. The molecule has 0 unspecified atom stereocenters. The van der Waals surface area contributed by atoms with Gasteiger partial charge in [0, 0.05) is 12.1 Å². The third kappa shape index (κ3) is 7.15. The number of aryl methyl sites for hydroxylation is 1. The van der Waals surface area contributed by atoms with Gasteiger partial charge < -0.3 is 19.3 Å². The molecule has 8 nitrogen and oxygen atoms in total. The Balaban J connectivity index is 1.50. The van der Waals surface area contributed by atoms with E-state index in [1.807, 2.05) is 18.2 Å². The highest BCUT2D eigenvalue weighted by Gasteiger charge is 2.14. The largest absolute Gasteiger partial charge is 0.497 e. The van der Waals surface area contributed by atoms with Crippen LogP contribution in [0.15, 0.2) is 77.7 Å². The molecule has 2 N–H and O–H groups in total. The second kappa shape index (κ2) is 11.2. The van der Waals surface area contributed by atoms with Crippen LogP contribution in [0, 0.1) is 0 Å². The minimum Gasteiger partial charge on any atom is -0.497 e. The van der Waals surface area contributed by atoms with Crippen molar-refractivity contribution < 1.29 is 32.5 Å². The van der Waals surface area contributed by atoms with E-state index in [0.717, 1.165) is 5.56 Å². The summed E-state index contributed by atoms with van der Waals surface area (Å²) in [6.45, 7) is 0.542. The second-order valence-electron chi connectivity index (χ2n) is 7.00. The molecule has 0 aliphatic carbocycles. The quantitative estimate of drug-likeness (QED) is 0.385. The summed E-state index contributed by atoms with van der Waals surface area (Å²) in [6, 6.07) is 19.9. The monoisotopic (exact) mass is 471 g/mol. The summed E-state index contributed by atoms with van der Waals surface area (Å²) < 4.78 is 44.0. The second-order valence-corrected chi connectivity index (χ2v) is 8.69. The molecule has 0 saturated heterocycles. The van der Waals surface area contributed by atoms with Gasteiger partial charge in [-0.25, -0.2) is 8.42 Å². The summed E-state index contributed by atoms with van der Waals surface area (Å²) in [5, 5.41) is 8.86. The van der Waals surface area contributed by atoms with Crippen molar-refractivity contribution in [1.29, 1.82) is 0 Å². The van der Waals surface area contributed by atoms with E-state index in [-0.39, 0.29) is 24.5 Å². The fraction of sp³-hybridized carbons (Fsp3) is 0.208. The summed E-state index contributed by atoms with van der Waals surface area (Å²) in [5.74, 6) is 0.904. The number of hydrogen-bond donors (Lipinski definition) is 2. The SMILES string of the molecule is COc1ccc(S(=O)(=O)Nc2ccc(OCCOc3ccccc3CCC(=O)O)cc2)cc1. The van der Waals surface area contributed by atoms with Crippen LogP contribution in [0.3, 0.4) is 0 Å². The average Bonchev–Trinajstić information content (AvgIpc) is 2.82. The summed E-state index contributed by atoms with van der Waals surface area (Å²) in [7, 11) is -2.21. The van der Waals surface area contributed by atoms with Crippen molar-refractivity contribution in [2.45, 2.75) is 17.7 Å². The molecule has 0 radical (unpaired) electrons. The first-order valence-corrected chi connectivity index (χ1v) is 11.7. The van der Waals surface area contributed by atoms with Gasteiger partial charge in [-0.15, -0.1) is 0 Å². The van der Waals surface area contributed by atoms with Crippen molar-refractivity contribution in [3.63, 3.8) is 0 Å². The molecule has 0 atom stereocenters. The molecule has 0 heterocycles. The van der Waals surface area contributed by atoms with E-state index in [1.54, 1.807) is 42.5 Å². The van der Waals surface area contributed by atoms with Crippen molar-refractivity contribution in [3.05, 3.63) is 78.4 Å². The predicted molar refractivity (Wildman–Crippen MR) is 124 cm³/mol. The van der Waals surface area contributed by atoms with E-state index in [1.165, 1.54) is 19.2 Å². The summed E-state index contributed by atoms with van der Waals surface area (Å²) >= 11 is 0. The summed E-state index contributed by atoms with van der Waals surface area (Å²) in [4.78, 5) is 10.9. The normalized spacial score (nSPS) is 10.9. The molecule has 0 saturated carbocycles. The van der Waals surface area contributed by atoms with Crippen LogP contribution in [-0.2, 0) is 21.2 Å². The maximum absolute atomic E-state index is 12.5. The number of carboxylic acid groups (broad SMARTS) is 1. The van der Waals surface area contributed by atoms with Gasteiger partial charge in [0.2, 0.25) is 0 Å². The van der Waals surface area contributed by atoms with Crippen LogP contribution >= 0.6 is 0 Å². The molecule has 3 aromatic rings. The molecule has 0 aliphatic heterocycles. The van der Waals surface area contributed by atoms with Gasteiger partial charge in [0.25, 0.3) is 10.0 Å². The molecule has 0 fully saturated rings. The van der Waals surface area contributed by atoms with Gasteiger partial charge in [-0.3, -0.25) is 9.52 Å². The van der Waals surface area contributed by atoms with Crippen LogP contribution in [0.4, 0.5) is 5.69 Å². The maximum Gasteiger partial charge on any atom is 0.303 e. The van der Waals surface area contributed by atoms with E-state index in [0.29, 0.717) is 29.4 Å². The molecule has 174 valence electrons. The van der Waals surface area contributed by atoms with Crippen molar-refractivity contribution in [1.82, 2.24) is 0 Å². The van der Waals surface area contributed by atoms with E-state index >= 15 is 0 Å². The zero-order valence-corrected chi connectivity index (χ0v) is 18.9. The minimum atomic E-state index is -3.72. The van der Waals surface area contributed by atoms with Crippen molar-refractivity contribution in [2.24, 2.45) is 0 Å². The molecule has 0 aromatic heterocycles. The first-order chi connectivity index (χ1) is 15.9. The lowest BCUT2D eigenvalue weighted by atomic mass is 10.1. The first-order valence-electron chi connectivity index (χ1n) is 10.2. The average molecular weight is 472 g/mol. The molecule has 3 aromatic carbocycles. The molecule has 0 amide bonds. The van der Waals surface area contributed by atoms with Crippen LogP contribution < -0.4 is 18.9 Å². The minimum absolute atomic E-state index is 0.0332. The molecule has 9 heteroatoms. The van der Waals surface area contributed by atoms with Gasteiger partial charge in [-0.2, -0.15) is 0 Å². The third-order valence-electron chi connectivity index (χ3n) is 4.67. The zero-order valence-electron chi connectivity index (χ0n) is 18.1. The molecular formula is C24H25NO7S. The Kier molecular flexibility index (Phi) is 8.15. The van der Waals surface area contributed by atoms with Gasteiger partial charge in [0.05, 0.1) is 12.0 Å². The first kappa shape index (κ1) is 23.9. The Bertz CT molecular complexity index is 1160. The number of sulfonamides is 1. The summed E-state index contributed by atoms with van der Waals surface area (Å²) in [5.41, 5.74) is 1.23. The lowest BCUT2D eigenvalue weighted by Crippen LogP contribution is -2.13. The maximum atomic E-state index is 12.5. The fourth-order valence-electron chi connectivity index (χ4n) is 2.99. The standard InChI is InChI=1S/C24H25NO7S/c1-30-20-11-13-22(14-12-20)33(28,29)25-19-7-9-21(10-8-19)31-16-17-32-23-5-3-2-4-18(23)6-15-24(26)27/h2-5,7-14,25H,6,15-17H2,1H3,(H,26,27). The number of ether oxygens (including phenoxy) is 3. The van der Waals surface area contributed by atoms with Gasteiger partial charge in [-0.1, -0.05) is 18.2 Å². The Labute approximate surface area is 192 Å². The molecule has 0 spiro atoms. The van der Waals surface area contributed by atoms with Crippen LogP contribution in [0.2, 0.25) is 0 Å². The fourth-order valence-corrected chi connectivity index (χ4v) is 4.05. The predicted octanol–water partition coefficient (Wildman–Crippen LogP) is 3.97. The number of rotatable bonds is 12. The van der Waals surface area contributed by atoms with E-state index in [4.69, 9.17) is 19.3 Å². The summed E-state index contributed by atoms with van der Waals surface area (Å²) in [6.07, 6.45) is 0.422. The highest BCUT2D eigenvalue weighted by atomic mass is 32.2. The van der Waals surface area contributed by atoms with Gasteiger partial charge in [0.15, 0.2) is 0 Å². The molecule has 33 heavy (non-hydrogen) atoms. The number of carbonyl (C=O) groups is 1. The van der Waals surface area contributed by atoms with Crippen LogP contribution in [0.5, 0.6) is 17.2 Å². The van der Waals surface area contributed by atoms with Crippen LogP contribution in [0.25, 0.3) is 0 Å². The number of aliphatic carboxylic acids is 1. The molecular weight excluding hydrogens is 446 g/mol. The van der Waals surface area contributed by atoms with E-state index < -0.39 is 16.0 Å². The lowest BCUT2D eigenvalue weighted by Gasteiger charge is -2.12. The molecule has 0 aliphatic rings. The van der Waals surface area contributed by atoms with Crippen molar-refractivity contribution in [3.8, 4) is 17.2 Å². The van der Waals surface area contributed by atoms with Gasteiger partial charge >= 0.3 is 5.97 Å². The third-order valence-corrected chi connectivity index (χ3v) is 6.06. The number of nitrogens with one attached hydrogen (secondary N) is 1. The lowest BCUT2D eigenvalue weighted by molar-refractivity contribution is -0.136. The Morgan fingerprint density at radius 2 is 1.52 bits per heavy atom. The van der Waals surface area contributed by atoms with Gasteiger partial charge in [-0.05, 0) is 66.6 Å².